The van der Waals surface area contributed by atoms with Crippen LogP contribution in [0.4, 0.5) is 0 Å². The molecule has 2 heterocycles. The second-order valence-electron chi connectivity index (χ2n) is 11.0. The maximum atomic E-state index is 9.36. The van der Waals surface area contributed by atoms with Crippen LogP contribution in [0.3, 0.4) is 0 Å². The average Bonchev–Trinajstić information content (AvgIpc) is 3.12. The zero-order chi connectivity index (χ0) is 34.5. The maximum absolute atomic E-state index is 9.36. The van der Waals surface area contributed by atoms with Crippen LogP contribution in [0, 0.1) is 5.92 Å². The number of hydrogen-bond acceptors (Lipinski definition) is 11. The van der Waals surface area contributed by atoms with Crippen molar-refractivity contribution >= 4 is 23.2 Å². The molecule has 0 aliphatic carbocycles. The van der Waals surface area contributed by atoms with Crippen LogP contribution in [0.2, 0.25) is 10.0 Å². The maximum Gasteiger partial charge on any atom is 0.220 e. The summed E-state index contributed by atoms with van der Waals surface area (Å²) in [5.74, 6) is 1.29. The van der Waals surface area contributed by atoms with E-state index in [0.29, 0.717) is 53.0 Å². The van der Waals surface area contributed by atoms with E-state index in [2.05, 4.69) is 15.3 Å². The Morgan fingerprint density at radius 3 is 1.62 bits per heavy atom. The van der Waals surface area contributed by atoms with Gasteiger partial charge in [0.2, 0.25) is 23.5 Å². The molecule has 0 saturated heterocycles. The number of aliphatic hydroxyl groups excluding tert-OH is 4. The van der Waals surface area contributed by atoms with Crippen molar-refractivity contribution in [3.8, 4) is 34.6 Å². The van der Waals surface area contributed by atoms with Gasteiger partial charge in [0.25, 0.3) is 0 Å². The van der Waals surface area contributed by atoms with Crippen LogP contribution in [0.5, 0.6) is 23.5 Å². The lowest BCUT2D eigenvalue weighted by molar-refractivity contribution is 0.144. The summed E-state index contributed by atoms with van der Waals surface area (Å²) in [5, 5.41) is 41.3. The number of ether oxygens (including phenoxy) is 4. The van der Waals surface area contributed by atoms with Crippen LogP contribution < -0.4 is 24.3 Å². The van der Waals surface area contributed by atoms with Gasteiger partial charge in [-0.05, 0) is 25.0 Å². The van der Waals surface area contributed by atoms with Crippen LogP contribution in [0.25, 0.3) is 11.1 Å². The standard InChI is InChI=1S/C35H41Cl2N3O8/c1-45-34-23(10-9-22(16-41)17-42)11-13-30(39-34)47-20-25-5-3-7-28(32(25)36)29-8-4-6-26(33(29)37)21-48-31-14-12-24(35(40-31)46-2)15-38-27(18-43)19-44/h3-8,11-14,22,27,38,41-44H,9-10,15-21H2,1-2H3. The average molecular weight is 703 g/mol. The van der Waals surface area contributed by atoms with Gasteiger partial charge >= 0.3 is 0 Å². The van der Waals surface area contributed by atoms with Gasteiger partial charge in [-0.2, -0.15) is 9.97 Å². The van der Waals surface area contributed by atoms with Crippen LogP contribution in [-0.4, -0.2) is 77.1 Å². The molecular formula is C35H41Cl2N3O8. The fourth-order valence-electron chi connectivity index (χ4n) is 4.89. The lowest BCUT2D eigenvalue weighted by Gasteiger charge is -2.16. The number of hydrogen-bond donors (Lipinski definition) is 5. The normalized spacial score (nSPS) is 11.3. The van der Waals surface area contributed by atoms with Crippen molar-refractivity contribution in [2.75, 3.05) is 40.6 Å². The topological polar surface area (TPSA) is 156 Å². The van der Waals surface area contributed by atoms with Crippen molar-refractivity contribution in [2.24, 2.45) is 5.92 Å². The second-order valence-corrected chi connectivity index (χ2v) is 11.7. The van der Waals surface area contributed by atoms with E-state index in [9.17, 15) is 20.4 Å². The number of aryl methyl sites for hydroxylation is 1. The van der Waals surface area contributed by atoms with Crippen LogP contribution >= 0.6 is 23.2 Å². The summed E-state index contributed by atoms with van der Waals surface area (Å²) in [6, 6.07) is 17.9. The number of nitrogens with one attached hydrogen (secondary N) is 1. The molecule has 0 aliphatic heterocycles. The van der Waals surface area contributed by atoms with E-state index in [1.54, 1.807) is 18.2 Å². The molecule has 4 aromatic rings. The summed E-state index contributed by atoms with van der Waals surface area (Å²) in [7, 11) is 3.04. The van der Waals surface area contributed by atoms with E-state index in [-0.39, 0.29) is 45.6 Å². The number of halogens is 2. The van der Waals surface area contributed by atoms with E-state index in [1.165, 1.54) is 14.2 Å². The minimum absolute atomic E-state index is 0.0852. The number of methoxy groups -OCH3 is 2. The summed E-state index contributed by atoms with van der Waals surface area (Å²) < 4.78 is 22.8. The Morgan fingerprint density at radius 1 is 0.646 bits per heavy atom. The van der Waals surface area contributed by atoms with Gasteiger partial charge in [0.1, 0.15) is 13.2 Å². The molecule has 2 aromatic carbocycles. The van der Waals surface area contributed by atoms with Crippen LogP contribution in [0.1, 0.15) is 28.7 Å². The number of aromatic nitrogens is 2. The molecule has 0 amide bonds. The SMILES string of the molecule is COc1nc(OCc2cccc(-c3cccc(COc4ccc(CNC(CO)CO)c(OC)n4)c3Cl)c2Cl)ccc1CCC(CO)CO. The molecular weight excluding hydrogens is 661 g/mol. The number of aliphatic hydroxyl groups is 4. The minimum Gasteiger partial charge on any atom is -0.481 e. The third kappa shape index (κ3) is 9.70. The molecule has 2 aromatic heterocycles. The Bertz CT molecular complexity index is 1500. The van der Waals surface area contributed by atoms with Gasteiger partial charge in [0.05, 0.1) is 43.5 Å². The highest BCUT2D eigenvalue weighted by Gasteiger charge is 2.17. The molecule has 0 fully saturated rings. The predicted octanol–water partition coefficient (Wildman–Crippen LogP) is 4.60. The van der Waals surface area contributed by atoms with Gasteiger partial charge in [-0.25, -0.2) is 0 Å². The molecule has 48 heavy (non-hydrogen) atoms. The van der Waals surface area contributed by atoms with Gasteiger partial charge in [-0.1, -0.05) is 59.6 Å². The van der Waals surface area contributed by atoms with Gasteiger partial charge < -0.3 is 44.7 Å². The largest absolute Gasteiger partial charge is 0.481 e. The summed E-state index contributed by atoms with van der Waals surface area (Å²) >= 11 is 13.8. The van der Waals surface area contributed by atoms with E-state index < -0.39 is 6.04 Å². The lowest BCUT2D eigenvalue weighted by Crippen LogP contribution is -2.35. The summed E-state index contributed by atoms with van der Waals surface area (Å²) in [4.78, 5) is 8.91. The monoisotopic (exact) mass is 701 g/mol. The smallest absolute Gasteiger partial charge is 0.220 e. The lowest BCUT2D eigenvalue weighted by atomic mass is 10.0. The predicted molar refractivity (Wildman–Crippen MR) is 183 cm³/mol. The Labute approximate surface area is 290 Å². The van der Waals surface area contributed by atoms with Crippen molar-refractivity contribution in [3.05, 3.63) is 93.0 Å². The number of benzene rings is 2. The molecule has 0 bridgehead atoms. The van der Waals surface area contributed by atoms with Gasteiger partial charge in [-0.3, -0.25) is 0 Å². The molecule has 258 valence electrons. The first-order chi connectivity index (χ1) is 23.3. The third-order valence-electron chi connectivity index (χ3n) is 7.77. The van der Waals surface area contributed by atoms with Crippen molar-refractivity contribution < 1.29 is 39.4 Å². The molecule has 0 atom stereocenters. The molecule has 0 aliphatic rings. The molecule has 4 rings (SSSR count). The Hall–Kier alpha value is -3.68. The van der Waals surface area contributed by atoms with Gasteiger partial charge in [0, 0.05) is 71.2 Å². The first-order valence-corrected chi connectivity index (χ1v) is 16.2. The van der Waals surface area contributed by atoms with Crippen molar-refractivity contribution in [3.63, 3.8) is 0 Å². The molecule has 0 unspecified atom stereocenters. The fourth-order valence-corrected chi connectivity index (χ4v) is 5.45. The molecule has 5 N–H and O–H groups in total. The highest BCUT2D eigenvalue weighted by molar-refractivity contribution is 6.37. The molecule has 13 heteroatoms. The Kier molecular flexibility index (Phi) is 14.5. The number of nitrogens with zero attached hydrogens (tertiary/aromatic N) is 2. The Morgan fingerprint density at radius 2 is 1.15 bits per heavy atom. The van der Waals surface area contributed by atoms with Crippen LogP contribution in [-0.2, 0) is 26.2 Å². The fraction of sp³-hybridized carbons (Fsp3) is 0.371. The first-order valence-electron chi connectivity index (χ1n) is 15.4. The van der Waals surface area contributed by atoms with E-state index in [4.69, 9.17) is 42.1 Å². The number of rotatable bonds is 19. The molecule has 0 saturated carbocycles. The minimum atomic E-state index is -0.448. The Balaban J connectivity index is 1.44. The summed E-state index contributed by atoms with van der Waals surface area (Å²) in [6.45, 7) is 0.0774. The molecule has 0 radical (unpaired) electrons. The van der Waals surface area contributed by atoms with E-state index in [1.807, 2.05) is 42.5 Å². The second kappa shape index (κ2) is 18.8. The van der Waals surface area contributed by atoms with Crippen LogP contribution in [0.15, 0.2) is 60.7 Å². The summed E-state index contributed by atoms with van der Waals surface area (Å²) in [5.41, 5.74) is 4.52. The van der Waals surface area contributed by atoms with Gasteiger partial charge in [-0.15, -0.1) is 0 Å². The van der Waals surface area contributed by atoms with Crippen molar-refractivity contribution in [1.82, 2.24) is 15.3 Å². The van der Waals surface area contributed by atoms with Crippen molar-refractivity contribution in [2.45, 2.75) is 38.6 Å². The number of pyridine rings is 2. The zero-order valence-electron chi connectivity index (χ0n) is 26.9. The van der Waals surface area contributed by atoms with Gasteiger partial charge in [0.15, 0.2) is 0 Å². The van der Waals surface area contributed by atoms with E-state index >= 15 is 0 Å². The first kappa shape index (κ1) is 37.1. The van der Waals surface area contributed by atoms with Crippen molar-refractivity contribution in [1.29, 1.82) is 0 Å². The molecule has 11 nitrogen and oxygen atoms in total. The highest BCUT2D eigenvalue weighted by Crippen LogP contribution is 2.37. The molecule has 0 spiro atoms. The quantitative estimate of drug-likeness (QED) is 0.0931. The van der Waals surface area contributed by atoms with E-state index in [0.717, 1.165) is 33.4 Å². The zero-order valence-corrected chi connectivity index (χ0v) is 28.4. The third-order valence-corrected chi connectivity index (χ3v) is 8.67. The summed E-state index contributed by atoms with van der Waals surface area (Å²) in [6.07, 6.45) is 1.19. The highest BCUT2D eigenvalue weighted by atomic mass is 35.5.